The van der Waals surface area contributed by atoms with E-state index in [-0.39, 0.29) is 11.5 Å². The van der Waals surface area contributed by atoms with E-state index in [0.29, 0.717) is 22.3 Å². The normalized spacial score (nSPS) is 12.1. The van der Waals surface area contributed by atoms with Crippen LogP contribution >= 0.6 is 0 Å². The van der Waals surface area contributed by atoms with Crippen molar-refractivity contribution in [3.05, 3.63) is 81.9 Å². The molecule has 158 valence electrons. The molecule has 4 rings (SSSR count). The van der Waals surface area contributed by atoms with Crippen LogP contribution in [0, 0.1) is 13.8 Å². The Morgan fingerprint density at radius 1 is 1.03 bits per heavy atom. The summed E-state index contributed by atoms with van der Waals surface area (Å²) < 4.78 is 2.96. The van der Waals surface area contributed by atoms with Crippen LogP contribution in [0.15, 0.2) is 59.4 Å². The Kier molecular flexibility index (Phi) is 5.42. The van der Waals surface area contributed by atoms with Crippen molar-refractivity contribution in [2.75, 3.05) is 5.32 Å². The molecule has 2 heterocycles. The summed E-state index contributed by atoms with van der Waals surface area (Å²) in [6.07, 6.45) is 0.929. The number of fused-ring (bicyclic) bond motifs is 1. The van der Waals surface area contributed by atoms with Crippen LogP contribution in [0.3, 0.4) is 0 Å². The van der Waals surface area contributed by atoms with Gasteiger partial charge in [-0.1, -0.05) is 37.3 Å². The molecule has 0 aliphatic rings. The second-order valence-electron chi connectivity index (χ2n) is 7.61. The molecule has 0 aliphatic carbocycles. The van der Waals surface area contributed by atoms with Gasteiger partial charge in [0.05, 0.1) is 22.5 Å². The number of hydrogen-bond acceptors (Lipinski definition) is 4. The molecular weight excluding hydrogens is 390 g/mol. The highest BCUT2D eigenvalue weighted by atomic mass is 16.2. The zero-order chi connectivity index (χ0) is 22.1. The van der Waals surface area contributed by atoms with Gasteiger partial charge in [-0.3, -0.25) is 9.59 Å². The van der Waals surface area contributed by atoms with E-state index in [4.69, 9.17) is 0 Å². The summed E-state index contributed by atoms with van der Waals surface area (Å²) in [5, 5.41) is 12.6. The predicted octanol–water partition coefficient (Wildman–Crippen LogP) is 3.96. The van der Waals surface area contributed by atoms with Gasteiger partial charge in [-0.15, -0.1) is 0 Å². The molecule has 0 radical (unpaired) electrons. The molecule has 7 nitrogen and oxygen atoms in total. The summed E-state index contributed by atoms with van der Waals surface area (Å²) >= 11 is 0. The van der Waals surface area contributed by atoms with Crippen LogP contribution in [0.5, 0.6) is 0 Å². The highest BCUT2D eigenvalue weighted by molar-refractivity contribution is 5.93. The number of aromatic nitrogens is 4. The number of aryl methyl sites for hydroxylation is 3. The van der Waals surface area contributed by atoms with Crippen LogP contribution in [0.2, 0.25) is 0 Å². The Morgan fingerprint density at radius 2 is 1.71 bits per heavy atom. The lowest BCUT2D eigenvalue weighted by Crippen LogP contribution is -2.34. The van der Waals surface area contributed by atoms with Crippen molar-refractivity contribution in [3.8, 4) is 5.69 Å². The van der Waals surface area contributed by atoms with Crippen molar-refractivity contribution in [1.82, 2.24) is 19.6 Å². The SMILES string of the molecule is CCc1ccc(NC(=O)C(C)n2nc(C)c3c(C)n(-c4ccccc4)nc3c2=O)cc1. The van der Waals surface area contributed by atoms with Gasteiger partial charge in [-0.05, 0) is 57.0 Å². The Hall–Kier alpha value is -3.74. The molecule has 4 aromatic rings. The maximum atomic E-state index is 13.2. The summed E-state index contributed by atoms with van der Waals surface area (Å²) in [5.74, 6) is -0.309. The lowest BCUT2D eigenvalue weighted by Gasteiger charge is -2.15. The van der Waals surface area contributed by atoms with Gasteiger partial charge in [0.15, 0.2) is 5.52 Å². The molecule has 0 fully saturated rings. The number of rotatable bonds is 5. The molecule has 1 amide bonds. The number of benzene rings is 2. The van der Waals surface area contributed by atoms with Crippen LogP contribution < -0.4 is 10.9 Å². The number of para-hydroxylation sites is 1. The van der Waals surface area contributed by atoms with Crippen molar-refractivity contribution in [1.29, 1.82) is 0 Å². The third kappa shape index (κ3) is 3.74. The molecule has 0 saturated heterocycles. The Labute approximate surface area is 180 Å². The van der Waals surface area contributed by atoms with Gasteiger partial charge in [0.25, 0.3) is 5.56 Å². The standard InChI is InChI=1S/C24H25N5O2/c1-5-18-11-13-19(14-12-18)25-23(30)17(4)29-24(31)22-21(15(2)26-29)16(3)28(27-22)20-9-7-6-8-10-20/h6-14,17H,5H2,1-4H3,(H,25,30). The van der Waals surface area contributed by atoms with Crippen LogP contribution in [0.1, 0.15) is 36.8 Å². The summed E-state index contributed by atoms with van der Waals surface area (Å²) in [6.45, 7) is 7.48. The molecule has 0 saturated carbocycles. The predicted molar refractivity (Wildman–Crippen MR) is 122 cm³/mol. The highest BCUT2D eigenvalue weighted by Gasteiger charge is 2.23. The van der Waals surface area contributed by atoms with Gasteiger partial charge >= 0.3 is 0 Å². The molecule has 1 atom stereocenters. The number of anilines is 1. The fourth-order valence-corrected chi connectivity index (χ4v) is 3.72. The summed E-state index contributed by atoms with van der Waals surface area (Å²) in [5.41, 5.74) is 4.15. The van der Waals surface area contributed by atoms with Crippen molar-refractivity contribution >= 4 is 22.5 Å². The number of carbonyl (C=O) groups excluding carboxylic acids is 1. The number of carbonyl (C=O) groups is 1. The minimum atomic E-state index is -0.788. The third-order valence-corrected chi connectivity index (χ3v) is 5.52. The summed E-state index contributed by atoms with van der Waals surface area (Å²) in [6, 6.07) is 16.5. The minimum absolute atomic E-state index is 0.306. The molecule has 0 bridgehead atoms. The number of nitrogens with zero attached hydrogens (tertiary/aromatic N) is 4. The van der Waals surface area contributed by atoms with E-state index in [1.165, 1.54) is 10.2 Å². The first-order chi connectivity index (χ1) is 14.9. The van der Waals surface area contributed by atoms with Gasteiger partial charge in [0.2, 0.25) is 5.91 Å². The molecule has 0 aliphatic heterocycles. The van der Waals surface area contributed by atoms with E-state index >= 15 is 0 Å². The Morgan fingerprint density at radius 3 is 2.35 bits per heavy atom. The fraction of sp³-hybridized carbons (Fsp3) is 0.250. The maximum absolute atomic E-state index is 13.2. The molecule has 1 N–H and O–H groups in total. The van der Waals surface area contributed by atoms with Gasteiger partial charge in [-0.25, -0.2) is 9.36 Å². The van der Waals surface area contributed by atoms with Crippen molar-refractivity contribution in [3.63, 3.8) is 0 Å². The molecule has 0 spiro atoms. The van der Waals surface area contributed by atoms with E-state index in [2.05, 4.69) is 22.4 Å². The van der Waals surface area contributed by atoms with Crippen LogP contribution in [-0.2, 0) is 11.2 Å². The Bertz CT molecular complexity index is 1300. The molecule has 7 heteroatoms. The van der Waals surface area contributed by atoms with E-state index in [1.54, 1.807) is 11.6 Å². The largest absolute Gasteiger partial charge is 0.324 e. The molecule has 31 heavy (non-hydrogen) atoms. The lowest BCUT2D eigenvalue weighted by molar-refractivity contribution is -0.119. The van der Waals surface area contributed by atoms with E-state index in [9.17, 15) is 9.59 Å². The fourth-order valence-electron chi connectivity index (χ4n) is 3.72. The van der Waals surface area contributed by atoms with Crippen LogP contribution in [-0.4, -0.2) is 25.5 Å². The molecule has 2 aromatic heterocycles. The monoisotopic (exact) mass is 415 g/mol. The number of amides is 1. The molecular formula is C24H25N5O2. The van der Waals surface area contributed by atoms with Gasteiger partial charge in [-0.2, -0.15) is 10.2 Å². The lowest BCUT2D eigenvalue weighted by atomic mass is 10.1. The van der Waals surface area contributed by atoms with Crippen molar-refractivity contribution in [2.45, 2.75) is 40.2 Å². The number of hydrogen-bond donors (Lipinski definition) is 1. The van der Waals surface area contributed by atoms with Crippen molar-refractivity contribution in [2.24, 2.45) is 0 Å². The first-order valence-electron chi connectivity index (χ1n) is 10.3. The van der Waals surface area contributed by atoms with Crippen LogP contribution in [0.4, 0.5) is 5.69 Å². The average molecular weight is 415 g/mol. The summed E-state index contributed by atoms with van der Waals surface area (Å²) in [7, 11) is 0. The van der Waals surface area contributed by atoms with Gasteiger partial charge in [0, 0.05) is 5.69 Å². The van der Waals surface area contributed by atoms with Crippen LogP contribution in [0.25, 0.3) is 16.6 Å². The Balaban J connectivity index is 1.71. The van der Waals surface area contributed by atoms with E-state index in [0.717, 1.165) is 17.8 Å². The van der Waals surface area contributed by atoms with Gasteiger partial charge < -0.3 is 5.32 Å². The summed E-state index contributed by atoms with van der Waals surface area (Å²) in [4.78, 5) is 26.0. The van der Waals surface area contributed by atoms with E-state index < -0.39 is 6.04 Å². The second-order valence-corrected chi connectivity index (χ2v) is 7.61. The first kappa shape index (κ1) is 20.5. The molecule has 2 aromatic carbocycles. The smallest absolute Gasteiger partial charge is 0.295 e. The minimum Gasteiger partial charge on any atom is -0.324 e. The topological polar surface area (TPSA) is 81.8 Å². The highest BCUT2D eigenvalue weighted by Crippen LogP contribution is 2.22. The second kappa shape index (κ2) is 8.18. The first-order valence-corrected chi connectivity index (χ1v) is 10.3. The maximum Gasteiger partial charge on any atom is 0.295 e. The molecule has 1 unspecified atom stereocenters. The number of nitrogens with one attached hydrogen (secondary N) is 1. The average Bonchev–Trinajstić information content (AvgIpc) is 3.15. The quantitative estimate of drug-likeness (QED) is 0.535. The van der Waals surface area contributed by atoms with Crippen molar-refractivity contribution < 1.29 is 4.79 Å². The zero-order valence-electron chi connectivity index (χ0n) is 18.1. The van der Waals surface area contributed by atoms with E-state index in [1.807, 2.05) is 68.4 Å². The third-order valence-electron chi connectivity index (χ3n) is 5.52. The zero-order valence-corrected chi connectivity index (χ0v) is 18.1. The van der Waals surface area contributed by atoms with Gasteiger partial charge in [0.1, 0.15) is 6.04 Å².